The Labute approximate surface area is 213 Å². The molecule has 2 heterocycles. The average Bonchev–Trinajstić information content (AvgIpc) is 3.39. The highest BCUT2D eigenvalue weighted by Gasteiger charge is 2.67. The van der Waals surface area contributed by atoms with E-state index in [0.717, 1.165) is 63.4 Å². The van der Waals surface area contributed by atoms with Crippen LogP contribution in [0, 0.1) is 34.5 Å². The standard InChI is InChI=1S/C28H42O8/c1-26-8-5-17(36-25-24(32)23(31)21(29)14-35-25)12-16(26)3-4-20-19(26)6-9-27(2)18(7-10-28(20,27)33)15-11-22(30)34-13-15/h11,16-21,23-25,29,31-33H,3-10,12-14H2,1-2H3/t16-,17+,18-,19+,20-,21-,23+,24-,25+,26+,27-,28+/m1/s1. The van der Waals surface area contributed by atoms with Gasteiger partial charge in [-0.3, -0.25) is 0 Å². The van der Waals surface area contributed by atoms with Crippen molar-refractivity contribution in [3.8, 4) is 0 Å². The van der Waals surface area contributed by atoms with Crippen LogP contribution in [0.2, 0.25) is 0 Å². The molecule has 5 fully saturated rings. The Balaban J connectivity index is 1.16. The van der Waals surface area contributed by atoms with Gasteiger partial charge in [0.1, 0.15) is 24.9 Å². The van der Waals surface area contributed by atoms with Crippen LogP contribution in [-0.2, 0) is 19.0 Å². The van der Waals surface area contributed by atoms with E-state index in [1.165, 1.54) is 0 Å². The first-order valence-electron chi connectivity index (χ1n) is 14.0. The molecule has 8 nitrogen and oxygen atoms in total. The Morgan fingerprint density at radius 3 is 2.53 bits per heavy atom. The molecule has 6 aliphatic rings. The van der Waals surface area contributed by atoms with Gasteiger partial charge < -0.3 is 34.6 Å². The summed E-state index contributed by atoms with van der Waals surface area (Å²) in [4.78, 5) is 11.8. The van der Waals surface area contributed by atoms with Crippen molar-refractivity contribution in [3.63, 3.8) is 0 Å². The van der Waals surface area contributed by atoms with E-state index in [0.29, 0.717) is 18.4 Å². The maximum absolute atomic E-state index is 12.3. The topological polar surface area (TPSA) is 126 Å². The largest absolute Gasteiger partial charge is 0.458 e. The third-order valence-corrected chi connectivity index (χ3v) is 11.7. The number of hydrogen-bond acceptors (Lipinski definition) is 8. The number of esters is 1. The number of aliphatic hydroxyl groups excluding tert-OH is 3. The Kier molecular flexibility index (Phi) is 6.14. The van der Waals surface area contributed by atoms with E-state index >= 15 is 0 Å². The predicted molar refractivity (Wildman–Crippen MR) is 128 cm³/mol. The van der Waals surface area contributed by atoms with Gasteiger partial charge in [0.15, 0.2) is 6.29 Å². The first kappa shape index (κ1) is 25.3. The molecule has 4 saturated carbocycles. The molecular formula is C28H42O8. The van der Waals surface area contributed by atoms with Crippen molar-refractivity contribution in [2.24, 2.45) is 34.5 Å². The summed E-state index contributed by atoms with van der Waals surface area (Å²) >= 11 is 0. The molecule has 2 aliphatic heterocycles. The molecule has 0 aromatic rings. The lowest BCUT2D eigenvalue weighted by atomic mass is 9.43. The van der Waals surface area contributed by atoms with Crippen LogP contribution in [0.3, 0.4) is 0 Å². The van der Waals surface area contributed by atoms with E-state index in [2.05, 4.69) is 13.8 Å². The molecule has 12 atom stereocenters. The van der Waals surface area contributed by atoms with Crippen LogP contribution in [0.5, 0.6) is 0 Å². The van der Waals surface area contributed by atoms with Crippen molar-refractivity contribution in [3.05, 3.63) is 11.6 Å². The smallest absolute Gasteiger partial charge is 0.331 e. The van der Waals surface area contributed by atoms with Crippen molar-refractivity contribution in [2.45, 2.75) is 108 Å². The van der Waals surface area contributed by atoms with E-state index in [4.69, 9.17) is 14.2 Å². The first-order chi connectivity index (χ1) is 17.1. The molecule has 0 unspecified atom stereocenters. The third kappa shape index (κ3) is 3.58. The van der Waals surface area contributed by atoms with Gasteiger partial charge in [0.2, 0.25) is 0 Å². The minimum atomic E-state index is -1.26. The van der Waals surface area contributed by atoms with Crippen molar-refractivity contribution in [1.82, 2.24) is 0 Å². The second-order valence-electron chi connectivity index (χ2n) is 13.1. The number of aliphatic hydroxyl groups is 4. The second kappa shape index (κ2) is 8.75. The first-order valence-corrected chi connectivity index (χ1v) is 14.0. The molecule has 202 valence electrons. The molecule has 6 rings (SSSR count). The number of fused-ring (bicyclic) bond motifs is 5. The van der Waals surface area contributed by atoms with E-state index in [1.807, 2.05) is 0 Å². The molecular weight excluding hydrogens is 464 g/mol. The maximum Gasteiger partial charge on any atom is 0.331 e. The fraction of sp³-hybridized carbons (Fsp3) is 0.893. The molecule has 8 heteroatoms. The number of carbonyl (C=O) groups excluding carboxylic acids is 1. The van der Waals surface area contributed by atoms with E-state index < -0.39 is 30.2 Å². The monoisotopic (exact) mass is 506 g/mol. The summed E-state index contributed by atoms with van der Waals surface area (Å²) in [6.07, 6.45) is 5.63. The van der Waals surface area contributed by atoms with E-state index in [1.54, 1.807) is 6.08 Å². The average molecular weight is 507 g/mol. The molecule has 0 aromatic heterocycles. The molecule has 0 bridgehead atoms. The zero-order valence-corrected chi connectivity index (χ0v) is 21.5. The molecule has 4 aliphatic carbocycles. The van der Waals surface area contributed by atoms with E-state index in [-0.39, 0.29) is 41.3 Å². The number of rotatable bonds is 3. The predicted octanol–water partition coefficient (Wildman–Crippen LogP) is 2.07. The summed E-state index contributed by atoms with van der Waals surface area (Å²) in [5.74, 6) is 1.15. The van der Waals surface area contributed by atoms with Crippen molar-refractivity contribution >= 4 is 5.97 Å². The van der Waals surface area contributed by atoms with Crippen LogP contribution in [0.1, 0.15) is 71.6 Å². The van der Waals surface area contributed by atoms with Crippen LogP contribution >= 0.6 is 0 Å². The Bertz CT molecular complexity index is 921. The minimum Gasteiger partial charge on any atom is -0.458 e. The third-order valence-electron chi connectivity index (χ3n) is 11.7. The van der Waals surface area contributed by atoms with Gasteiger partial charge in [-0.25, -0.2) is 4.79 Å². The normalized spacial score (nSPS) is 54.8. The Morgan fingerprint density at radius 1 is 0.972 bits per heavy atom. The summed E-state index contributed by atoms with van der Waals surface area (Å²) < 4.78 is 16.9. The zero-order valence-electron chi connectivity index (χ0n) is 21.5. The minimum absolute atomic E-state index is 0.0456. The summed E-state index contributed by atoms with van der Waals surface area (Å²) in [6, 6.07) is 0. The van der Waals surface area contributed by atoms with Crippen LogP contribution in [-0.4, -0.2) is 75.9 Å². The lowest BCUT2D eigenvalue weighted by Crippen LogP contribution is -2.62. The Morgan fingerprint density at radius 2 is 1.78 bits per heavy atom. The lowest BCUT2D eigenvalue weighted by Gasteiger charge is -2.64. The van der Waals surface area contributed by atoms with Crippen LogP contribution in [0.25, 0.3) is 0 Å². The highest BCUT2D eigenvalue weighted by molar-refractivity contribution is 5.85. The van der Waals surface area contributed by atoms with Crippen molar-refractivity contribution in [1.29, 1.82) is 0 Å². The molecule has 0 radical (unpaired) electrons. The molecule has 4 N–H and O–H groups in total. The van der Waals surface area contributed by atoms with E-state index in [9.17, 15) is 25.2 Å². The summed E-state index contributed by atoms with van der Waals surface area (Å²) in [7, 11) is 0. The van der Waals surface area contributed by atoms with Crippen LogP contribution in [0.4, 0.5) is 0 Å². The number of hydrogen-bond donors (Lipinski definition) is 4. The number of carbonyl (C=O) groups is 1. The molecule has 0 amide bonds. The molecule has 0 spiro atoms. The number of ether oxygens (including phenoxy) is 3. The van der Waals surface area contributed by atoms with Gasteiger partial charge in [0.05, 0.1) is 18.3 Å². The van der Waals surface area contributed by atoms with Gasteiger partial charge in [-0.1, -0.05) is 13.8 Å². The van der Waals surface area contributed by atoms with Gasteiger partial charge in [-0.05, 0) is 92.4 Å². The van der Waals surface area contributed by atoms with Crippen LogP contribution in [0.15, 0.2) is 11.6 Å². The van der Waals surface area contributed by atoms with Crippen molar-refractivity contribution < 1.29 is 39.4 Å². The van der Waals surface area contributed by atoms with Gasteiger partial charge in [-0.15, -0.1) is 0 Å². The zero-order chi connectivity index (χ0) is 25.5. The molecule has 1 saturated heterocycles. The maximum atomic E-state index is 12.3. The highest BCUT2D eigenvalue weighted by Crippen LogP contribution is 2.70. The number of cyclic esters (lactones) is 1. The quantitative estimate of drug-likeness (QED) is 0.339. The molecule has 0 aromatic carbocycles. The fourth-order valence-corrected chi connectivity index (χ4v) is 9.58. The van der Waals surface area contributed by atoms with Gasteiger partial charge in [0.25, 0.3) is 0 Å². The Hall–Kier alpha value is -1.03. The summed E-state index contributed by atoms with van der Waals surface area (Å²) in [6.45, 7) is 5.00. The highest BCUT2D eigenvalue weighted by atomic mass is 16.7. The fourth-order valence-electron chi connectivity index (χ4n) is 9.58. The summed E-state index contributed by atoms with van der Waals surface area (Å²) in [5.41, 5.74) is 0.257. The lowest BCUT2D eigenvalue weighted by molar-refractivity contribution is -0.290. The van der Waals surface area contributed by atoms with Gasteiger partial charge in [0, 0.05) is 11.5 Å². The van der Waals surface area contributed by atoms with Crippen LogP contribution < -0.4 is 0 Å². The van der Waals surface area contributed by atoms with Gasteiger partial charge in [-0.2, -0.15) is 0 Å². The second-order valence-corrected chi connectivity index (χ2v) is 13.1. The SMILES string of the molecule is C[C@]12CC[C@H](O[C@@H]3OC[C@@H](O)[C@H](O)[C@H]3O)C[C@H]1CC[C@@H]1[C@@H]2CC[C@]2(C)[C@@H](C3=CC(=O)OC3)CC[C@]12O. The molecule has 36 heavy (non-hydrogen) atoms. The summed E-state index contributed by atoms with van der Waals surface area (Å²) in [5, 5.41) is 42.4. The van der Waals surface area contributed by atoms with Crippen molar-refractivity contribution in [2.75, 3.05) is 13.2 Å². The van der Waals surface area contributed by atoms with Gasteiger partial charge >= 0.3 is 5.97 Å².